The highest BCUT2D eigenvalue weighted by molar-refractivity contribution is 6.33. The van der Waals surface area contributed by atoms with E-state index < -0.39 is 6.61 Å². The summed E-state index contributed by atoms with van der Waals surface area (Å²) in [4.78, 5) is 10.4. The van der Waals surface area contributed by atoms with Crippen molar-refractivity contribution in [2.45, 2.75) is 13.5 Å². The van der Waals surface area contributed by atoms with Crippen molar-refractivity contribution in [2.24, 2.45) is 0 Å². The highest BCUT2D eigenvalue weighted by atomic mass is 35.5. The fraction of sp³-hybridized carbons (Fsp3) is 0.222. The molecule has 0 bridgehead atoms. The van der Waals surface area contributed by atoms with Crippen LogP contribution in [-0.4, -0.2) is 12.9 Å². The fourth-order valence-electron chi connectivity index (χ4n) is 0.999. The zero-order valence-electron chi connectivity index (χ0n) is 7.26. The number of aldehydes is 1. The van der Waals surface area contributed by atoms with Gasteiger partial charge in [-0.05, 0) is 24.6 Å². The third kappa shape index (κ3) is 2.42. The van der Waals surface area contributed by atoms with Crippen LogP contribution in [0.25, 0.3) is 0 Å². The lowest BCUT2D eigenvalue weighted by atomic mass is 10.1. The number of aryl methyl sites for hydroxylation is 1. The van der Waals surface area contributed by atoms with Crippen LogP contribution in [0.4, 0.5) is 8.78 Å². The van der Waals surface area contributed by atoms with Gasteiger partial charge in [-0.3, -0.25) is 4.79 Å². The number of carbonyl (C=O) groups is 1. The Bertz CT molecular complexity index is 353. The van der Waals surface area contributed by atoms with E-state index in [2.05, 4.69) is 4.74 Å². The first kappa shape index (κ1) is 10.9. The Labute approximate surface area is 84.4 Å². The molecule has 0 aliphatic carbocycles. The van der Waals surface area contributed by atoms with Crippen LogP contribution in [0.3, 0.4) is 0 Å². The SMILES string of the molecule is Cc1cc(C=O)c(Cl)cc1OC(F)F. The highest BCUT2D eigenvalue weighted by Crippen LogP contribution is 2.26. The second-order valence-electron chi connectivity index (χ2n) is 2.64. The lowest BCUT2D eigenvalue weighted by Gasteiger charge is -2.08. The average molecular weight is 221 g/mol. The van der Waals surface area contributed by atoms with Crippen LogP contribution in [0, 0.1) is 6.92 Å². The van der Waals surface area contributed by atoms with Gasteiger partial charge >= 0.3 is 6.61 Å². The average Bonchev–Trinajstić information content (AvgIpc) is 2.10. The van der Waals surface area contributed by atoms with Crippen LogP contribution in [0.5, 0.6) is 5.75 Å². The third-order valence-electron chi connectivity index (χ3n) is 1.64. The highest BCUT2D eigenvalue weighted by Gasteiger charge is 2.10. The molecular formula is C9H7ClF2O2. The van der Waals surface area contributed by atoms with Crippen molar-refractivity contribution in [1.29, 1.82) is 0 Å². The zero-order chi connectivity index (χ0) is 10.7. The first-order chi connectivity index (χ1) is 6.54. The Morgan fingerprint density at radius 1 is 1.50 bits per heavy atom. The van der Waals surface area contributed by atoms with Gasteiger partial charge < -0.3 is 4.74 Å². The van der Waals surface area contributed by atoms with Crippen LogP contribution in [0.2, 0.25) is 5.02 Å². The molecule has 0 spiro atoms. The zero-order valence-corrected chi connectivity index (χ0v) is 8.02. The summed E-state index contributed by atoms with van der Waals surface area (Å²) >= 11 is 5.63. The molecule has 0 radical (unpaired) electrons. The number of halogens is 3. The number of alkyl halides is 2. The summed E-state index contributed by atoms with van der Waals surface area (Å²) in [7, 11) is 0. The molecule has 0 unspecified atom stereocenters. The Hall–Kier alpha value is -1.16. The van der Waals surface area contributed by atoms with Gasteiger partial charge in [-0.1, -0.05) is 11.6 Å². The molecule has 0 fully saturated rings. The summed E-state index contributed by atoms with van der Waals surface area (Å²) < 4.78 is 28.0. The van der Waals surface area contributed by atoms with E-state index >= 15 is 0 Å². The maximum atomic E-state index is 11.9. The number of carbonyl (C=O) groups excluding carboxylic acids is 1. The molecule has 0 aliphatic rings. The monoisotopic (exact) mass is 220 g/mol. The number of benzene rings is 1. The molecule has 5 heteroatoms. The van der Waals surface area contributed by atoms with Gasteiger partial charge in [0.25, 0.3) is 0 Å². The molecule has 0 amide bonds. The second-order valence-corrected chi connectivity index (χ2v) is 3.04. The molecule has 0 N–H and O–H groups in total. The van der Waals surface area contributed by atoms with Gasteiger partial charge in [-0.2, -0.15) is 8.78 Å². The summed E-state index contributed by atoms with van der Waals surface area (Å²) in [5.74, 6) is -0.0180. The second kappa shape index (κ2) is 4.37. The van der Waals surface area contributed by atoms with E-state index in [4.69, 9.17) is 11.6 Å². The van der Waals surface area contributed by atoms with E-state index in [1.54, 1.807) is 6.92 Å². The Kier molecular flexibility index (Phi) is 3.41. The predicted molar refractivity (Wildman–Crippen MR) is 48.2 cm³/mol. The maximum absolute atomic E-state index is 11.9. The summed E-state index contributed by atoms with van der Waals surface area (Å²) in [6.45, 7) is -1.34. The molecule has 14 heavy (non-hydrogen) atoms. The minimum atomic E-state index is -2.90. The van der Waals surface area contributed by atoms with Gasteiger partial charge in [0.2, 0.25) is 0 Å². The number of rotatable bonds is 3. The molecule has 0 saturated heterocycles. The Morgan fingerprint density at radius 2 is 2.14 bits per heavy atom. The van der Waals surface area contributed by atoms with Crippen LogP contribution in [0.15, 0.2) is 12.1 Å². The standard InChI is InChI=1S/C9H7ClF2O2/c1-5-2-6(4-13)7(10)3-8(5)14-9(11)12/h2-4,9H,1H3. The first-order valence-corrected chi connectivity index (χ1v) is 4.12. The van der Waals surface area contributed by atoms with Crippen LogP contribution in [0.1, 0.15) is 15.9 Å². The quantitative estimate of drug-likeness (QED) is 0.732. The number of hydrogen-bond acceptors (Lipinski definition) is 2. The van der Waals surface area contributed by atoms with Crippen LogP contribution in [-0.2, 0) is 0 Å². The topological polar surface area (TPSA) is 26.3 Å². The lowest BCUT2D eigenvalue weighted by Crippen LogP contribution is -2.03. The molecular weight excluding hydrogens is 214 g/mol. The van der Waals surface area contributed by atoms with Crippen molar-refractivity contribution in [1.82, 2.24) is 0 Å². The van der Waals surface area contributed by atoms with Gasteiger partial charge in [0, 0.05) is 5.56 Å². The molecule has 0 heterocycles. The van der Waals surface area contributed by atoms with Gasteiger partial charge in [-0.25, -0.2) is 0 Å². The number of hydrogen-bond donors (Lipinski definition) is 0. The lowest BCUT2D eigenvalue weighted by molar-refractivity contribution is -0.0502. The van der Waals surface area contributed by atoms with E-state index in [1.807, 2.05) is 0 Å². The van der Waals surface area contributed by atoms with E-state index in [0.29, 0.717) is 11.8 Å². The van der Waals surface area contributed by atoms with E-state index in [1.165, 1.54) is 12.1 Å². The number of ether oxygens (including phenoxy) is 1. The summed E-state index contributed by atoms with van der Waals surface area (Å²) in [6.07, 6.45) is 0.557. The van der Waals surface area contributed by atoms with E-state index in [-0.39, 0.29) is 16.3 Å². The minimum Gasteiger partial charge on any atom is -0.435 e. The molecule has 0 atom stereocenters. The molecule has 1 rings (SSSR count). The molecule has 76 valence electrons. The summed E-state index contributed by atoms with van der Waals surface area (Å²) in [5.41, 5.74) is 0.697. The van der Waals surface area contributed by atoms with Crippen molar-refractivity contribution < 1.29 is 18.3 Å². The fourth-order valence-corrected chi connectivity index (χ4v) is 1.20. The normalized spacial score (nSPS) is 10.4. The Balaban J connectivity index is 3.08. The molecule has 1 aromatic carbocycles. The van der Waals surface area contributed by atoms with Crippen molar-refractivity contribution in [3.8, 4) is 5.75 Å². The van der Waals surface area contributed by atoms with E-state index in [9.17, 15) is 13.6 Å². The van der Waals surface area contributed by atoms with Crippen molar-refractivity contribution >= 4 is 17.9 Å². The molecule has 0 saturated carbocycles. The molecule has 0 aliphatic heterocycles. The van der Waals surface area contributed by atoms with Crippen LogP contribution >= 0.6 is 11.6 Å². The van der Waals surface area contributed by atoms with Crippen molar-refractivity contribution in [3.63, 3.8) is 0 Å². The summed E-state index contributed by atoms with van der Waals surface area (Å²) in [6, 6.07) is 2.60. The van der Waals surface area contributed by atoms with Gasteiger partial charge in [0.1, 0.15) is 5.75 Å². The van der Waals surface area contributed by atoms with Crippen molar-refractivity contribution in [3.05, 3.63) is 28.3 Å². The minimum absolute atomic E-state index is 0.0180. The van der Waals surface area contributed by atoms with Gasteiger partial charge in [0.15, 0.2) is 6.29 Å². The maximum Gasteiger partial charge on any atom is 0.387 e. The molecule has 2 nitrogen and oxygen atoms in total. The smallest absolute Gasteiger partial charge is 0.387 e. The summed E-state index contributed by atoms with van der Waals surface area (Å²) in [5, 5.41) is 0.0984. The first-order valence-electron chi connectivity index (χ1n) is 3.74. The van der Waals surface area contributed by atoms with E-state index in [0.717, 1.165) is 0 Å². The van der Waals surface area contributed by atoms with Gasteiger partial charge in [-0.15, -0.1) is 0 Å². The predicted octanol–water partition coefficient (Wildman–Crippen LogP) is 3.06. The Morgan fingerprint density at radius 3 is 2.64 bits per heavy atom. The largest absolute Gasteiger partial charge is 0.435 e. The molecule has 0 aromatic heterocycles. The van der Waals surface area contributed by atoms with Crippen LogP contribution < -0.4 is 4.74 Å². The van der Waals surface area contributed by atoms with Crippen molar-refractivity contribution in [2.75, 3.05) is 0 Å². The third-order valence-corrected chi connectivity index (χ3v) is 1.96. The molecule has 1 aromatic rings. The van der Waals surface area contributed by atoms with Gasteiger partial charge in [0.05, 0.1) is 5.02 Å².